The van der Waals surface area contributed by atoms with Gasteiger partial charge in [0, 0.05) is 0 Å². The first-order valence-electron chi connectivity index (χ1n) is 8.26. The minimum atomic E-state index is 0.191. The van der Waals surface area contributed by atoms with Gasteiger partial charge in [0.15, 0.2) is 0 Å². The number of alkyl halides is 1. The van der Waals surface area contributed by atoms with Crippen LogP contribution in [0.1, 0.15) is 93.7 Å². The summed E-state index contributed by atoms with van der Waals surface area (Å²) in [7, 11) is 0. The quantitative estimate of drug-likeness (QED) is 0.524. The zero-order valence-corrected chi connectivity index (χ0v) is 14.2. The first kappa shape index (κ1) is 15.9. The highest BCUT2D eigenvalue weighted by molar-refractivity contribution is 6.20. The van der Waals surface area contributed by atoms with Gasteiger partial charge in [-0.15, -0.1) is 11.6 Å². The first-order chi connectivity index (χ1) is 9.49. The Balaban J connectivity index is 2.20. The smallest absolute Gasteiger partial charge is 0.0590 e. The maximum absolute atomic E-state index is 6.77. The van der Waals surface area contributed by atoms with Crippen LogP contribution in [0.4, 0.5) is 0 Å². The molecule has 0 saturated heterocycles. The summed E-state index contributed by atoms with van der Waals surface area (Å²) in [6.07, 6.45) is 6.71. The standard InChI is InChI=1S/C19H29Cl/c1-13(2)16-9-10-17(18(12-16)14(3)4)19(20)11-15-7-5-6-8-15/h9-10,12-15,19H,5-8,11H2,1-4H3. The molecule has 0 aliphatic heterocycles. The second kappa shape index (κ2) is 6.98. The number of benzene rings is 1. The summed E-state index contributed by atoms with van der Waals surface area (Å²) in [5, 5.41) is 0.191. The van der Waals surface area contributed by atoms with E-state index in [0.29, 0.717) is 11.8 Å². The summed E-state index contributed by atoms with van der Waals surface area (Å²) in [6.45, 7) is 9.08. The lowest BCUT2D eigenvalue weighted by Gasteiger charge is -2.21. The zero-order valence-electron chi connectivity index (χ0n) is 13.5. The van der Waals surface area contributed by atoms with Crippen molar-refractivity contribution < 1.29 is 0 Å². The molecule has 1 saturated carbocycles. The van der Waals surface area contributed by atoms with E-state index in [1.54, 1.807) is 0 Å². The van der Waals surface area contributed by atoms with E-state index in [4.69, 9.17) is 11.6 Å². The molecule has 1 heteroatoms. The van der Waals surface area contributed by atoms with Crippen LogP contribution in [-0.4, -0.2) is 0 Å². The van der Waals surface area contributed by atoms with E-state index in [0.717, 1.165) is 12.3 Å². The van der Waals surface area contributed by atoms with E-state index in [2.05, 4.69) is 45.9 Å². The Labute approximate surface area is 129 Å². The van der Waals surface area contributed by atoms with Crippen molar-refractivity contribution in [2.24, 2.45) is 5.92 Å². The Morgan fingerprint density at radius 2 is 1.65 bits per heavy atom. The normalized spacial score (nSPS) is 18.1. The van der Waals surface area contributed by atoms with Crippen LogP contribution in [0.5, 0.6) is 0 Å². The van der Waals surface area contributed by atoms with Crippen LogP contribution in [0, 0.1) is 5.92 Å². The van der Waals surface area contributed by atoms with Crippen LogP contribution < -0.4 is 0 Å². The molecular formula is C19H29Cl. The molecule has 0 radical (unpaired) electrons. The molecular weight excluding hydrogens is 264 g/mol. The number of rotatable bonds is 5. The molecule has 1 aromatic rings. The van der Waals surface area contributed by atoms with Crippen LogP contribution in [-0.2, 0) is 0 Å². The van der Waals surface area contributed by atoms with Crippen molar-refractivity contribution in [1.82, 2.24) is 0 Å². The minimum absolute atomic E-state index is 0.191. The van der Waals surface area contributed by atoms with Crippen LogP contribution in [0.25, 0.3) is 0 Å². The summed E-state index contributed by atoms with van der Waals surface area (Å²) in [5.41, 5.74) is 4.26. The number of halogens is 1. The highest BCUT2D eigenvalue weighted by atomic mass is 35.5. The Hall–Kier alpha value is -0.490. The topological polar surface area (TPSA) is 0 Å². The minimum Gasteiger partial charge on any atom is -0.118 e. The predicted octanol–water partition coefficient (Wildman–Crippen LogP) is 6.79. The predicted molar refractivity (Wildman–Crippen MR) is 89.8 cm³/mol. The Kier molecular flexibility index (Phi) is 5.55. The molecule has 0 aromatic heterocycles. The van der Waals surface area contributed by atoms with Gasteiger partial charge in [0.1, 0.15) is 0 Å². The van der Waals surface area contributed by atoms with Crippen LogP contribution in [0.2, 0.25) is 0 Å². The molecule has 2 rings (SSSR count). The van der Waals surface area contributed by atoms with E-state index >= 15 is 0 Å². The zero-order chi connectivity index (χ0) is 14.7. The maximum Gasteiger partial charge on any atom is 0.0590 e. The van der Waals surface area contributed by atoms with Gasteiger partial charge < -0.3 is 0 Å². The molecule has 20 heavy (non-hydrogen) atoms. The third-order valence-corrected chi connectivity index (χ3v) is 5.17. The Morgan fingerprint density at radius 1 is 1.00 bits per heavy atom. The van der Waals surface area contributed by atoms with Crippen molar-refractivity contribution in [3.05, 3.63) is 34.9 Å². The molecule has 0 heterocycles. The molecule has 1 atom stereocenters. The number of hydrogen-bond donors (Lipinski definition) is 0. The molecule has 1 aliphatic rings. The van der Waals surface area contributed by atoms with E-state index in [1.807, 2.05) is 0 Å². The van der Waals surface area contributed by atoms with Gasteiger partial charge in [-0.2, -0.15) is 0 Å². The van der Waals surface area contributed by atoms with Gasteiger partial charge in [-0.05, 0) is 40.9 Å². The third-order valence-electron chi connectivity index (χ3n) is 4.75. The average molecular weight is 293 g/mol. The van der Waals surface area contributed by atoms with Crippen LogP contribution >= 0.6 is 11.6 Å². The van der Waals surface area contributed by atoms with Gasteiger partial charge in [0.25, 0.3) is 0 Å². The van der Waals surface area contributed by atoms with E-state index in [-0.39, 0.29) is 5.38 Å². The summed E-state index contributed by atoms with van der Waals surface area (Å²) in [4.78, 5) is 0. The summed E-state index contributed by atoms with van der Waals surface area (Å²) in [6, 6.07) is 6.95. The van der Waals surface area contributed by atoms with Gasteiger partial charge in [0.2, 0.25) is 0 Å². The summed E-state index contributed by atoms with van der Waals surface area (Å²) >= 11 is 6.77. The molecule has 112 valence electrons. The highest BCUT2D eigenvalue weighted by Gasteiger charge is 2.22. The van der Waals surface area contributed by atoms with Gasteiger partial charge in [-0.1, -0.05) is 71.6 Å². The molecule has 1 aromatic carbocycles. The third kappa shape index (κ3) is 3.79. The average Bonchev–Trinajstić information content (AvgIpc) is 2.90. The largest absolute Gasteiger partial charge is 0.118 e. The van der Waals surface area contributed by atoms with Crippen LogP contribution in [0.3, 0.4) is 0 Å². The van der Waals surface area contributed by atoms with Crippen molar-refractivity contribution in [3.63, 3.8) is 0 Å². The van der Waals surface area contributed by atoms with Gasteiger partial charge in [0.05, 0.1) is 5.38 Å². The fraction of sp³-hybridized carbons (Fsp3) is 0.684. The lowest BCUT2D eigenvalue weighted by atomic mass is 9.88. The second-order valence-electron chi connectivity index (χ2n) is 7.05. The monoisotopic (exact) mass is 292 g/mol. The molecule has 0 nitrogen and oxygen atoms in total. The van der Waals surface area contributed by atoms with E-state index in [1.165, 1.54) is 42.4 Å². The van der Waals surface area contributed by atoms with Gasteiger partial charge in [-0.3, -0.25) is 0 Å². The molecule has 0 bridgehead atoms. The lowest BCUT2D eigenvalue weighted by Crippen LogP contribution is -2.05. The van der Waals surface area contributed by atoms with Gasteiger partial charge in [-0.25, -0.2) is 0 Å². The molecule has 1 fully saturated rings. The van der Waals surface area contributed by atoms with Gasteiger partial charge >= 0.3 is 0 Å². The highest BCUT2D eigenvalue weighted by Crippen LogP contribution is 2.39. The molecule has 0 amide bonds. The fourth-order valence-electron chi connectivity index (χ4n) is 3.40. The maximum atomic E-state index is 6.77. The van der Waals surface area contributed by atoms with Crippen molar-refractivity contribution in [1.29, 1.82) is 0 Å². The van der Waals surface area contributed by atoms with Crippen molar-refractivity contribution in [2.45, 2.75) is 77.0 Å². The molecule has 1 aliphatic carbocycles. The fourth-order valence-corrected chi connectivity index (χ4v) is 3.85. The Morgan fingerprint density at radius 3 is 2.20 bits per heavy atom. The summed E-state index contributed by atoms with van der Waals surface area (Å²) < 4.78 is 0. The first-order valence-corrected chi connectivity index (χ1v) is 8.70. The molecule has 0 N–H and O–H groups in total. The number of hydrogen-bond acceptors (Lipinski definition) is 0. The van der Waals surface area contributed by atoms with Crippen LogP contribution in [0.15, 0.2) is 18.2 Å². The van der Waals surface area contributed by atoms with E-state index < -0.39 is 0 Å². The molecule has 0 spiro atoms. The lowest BCUT2D eigenvalue weighted by molar-refractivity contribution is 0.494. The van der Waals surface area contributed by atoms with Crippen molar-refractivity contribution >= 4 is 11.6 Å². The van der Waals surface area contributed by atoms with Crippen molar-refractivity contribution in [2.75, 3.05) is 0 Å². The molecule has 1 unspecified atom stereocenters. The Bertz CT molecular complexity index is 427. The van der Waals surface area contributed by atoms with Crippen molar-refractivity contribution in [3.8, 4) is 0 Å². The second-order valence-corrected chi connectivity index (χ2v) is 7.58. The summed E-state index contributed by atoms with van der Waals surface area (Å²) in [5.74, 6) is 1.99. The SMILES string of the molecule is CC(C)c1ccc(C(Cl)CC2CCCC2)c(C(C)C)c1. The van der Waals surface area contributed by atoms with E-state index in [9.17, 15) is 0 Å².